The number of nitrogens with one attached hydrogen (secondary N) is 2. The van der Waals surface area contributed by atoms with E-state index in [4.69, 9.17) is 9.47 Å². The number of carbonyl (C=O) groups excluding carboxylic acids is 1. The second kappa shape index (κ2) is 9.38. The van der Waals surface area contributed by atoms with Crippen molar-refractivity contribution in [3.8, 4) is 17.0 Å². The summed E-state index contributed by atoms with van der Waals surface area (Å²) in [5.74, 6) is 0.447. The van der Waals surface area contributed by atoms with Crippen molar-refractivity contribution < 1.29 is 14.3 Å². The first-order valence-electron chi connectivity index (χ1n) is 8.93. The zero-order chi connectivity index (χ0) is 19.9. The van der Waals surface area contributed by atoms with Crippen LogP contribution in [0.5, 0.6) is 5.88 Å². The van der Waals surface area contributed by atoms with Gasteiger partial charge in [-0.05, 0) is 26.8 Å². The summed E-state index contributed by atoms with van der Waals surface area (Å²) in [7, 11) is 0. The normalized spacial score (nSPS) is 11.0. The number of ether oxygens (including phenoxy) is 2. The molecular formula is C18H22N6O3S. The molecule has 0 saturated carbocycles. The molecule has 3 aromatic rings. The lowest BCUT2D eigenvalue weighted by molar-refractivity contribution is 0.0545. The van der Waals surface area contributed by atoms with Crippen LogP contribution in [0.3, 0.4) is 0 Å². The maximum absolute atomic E-state index is 11.7. The lowest BCUT2D eigenvalue weighted by atomic mass is 10.1. The van der Waals surface area contributed by atoms with E-state index >= 15 is 0 Å². The van der Waals surface area contributed by atoms with Crippen molar-refractivity contribution in [1.29, 1.82) is 0 Å². The van der Waals surface area contributed by atoms with Gasteiger partial charge in [-0.1, -0.05) is 11.3 Å². The molecule has 0 spiro atoms. The van der Waals surface area contributed by atoms with Crippen molar-refractivity contribution in [3.63, 3.8) is 0 Å². The minimum atomic E-state index is -0.305. The first-order valence-corrected chi connectivity index (χ1v) is 9.74. The number of urea groups is 1. The van der Waals surface area contributed by atoms with E-state index in [1.54, 1.807) is 12.4 Å². The number of hydrogen-bond acceptors (Lipinski definition) is 8. The highest BCUT2D eigenvalue weighted by Gasteiger charge is 2.15. The van der Waals surface area contributed by atoms with Gasteiger partial charge in [0, 0.05) is 30.1 Å². The van der Waals surface area contributed by atoms with Crippen LogP contribution in [0, 0.1) is 0 Å². The summed E-state index contributed by atoms with van der Waals surface area (Å²) in [6, 6.07) is 1.56. The van der Waals surface area contributed by atoms with Crippen LogP contribution in [0.25, 0.3) is 21.5 Å². The number of fused-ring (bicyclic) bond motifs is 1. The molecule has 9 nitrogen and oxygen atoms in total. The van der Waals surface area contributed by atoms with E-state index in [0.29, 0.717) is 41.1 Å². The zero-order valence-corrected chi connectivity index (χ0v) is 16.7. The third-order valence-corrected chi connectivity index (χ3v) is 4.43. The first-order chi connectivity index (χ1) is 13.6. The van der Waals surface area contributed by atoms with Gasteiger partial charge in [-0.15, -0.1) is 0 Å². The zero-order valence-electron chi connectivity index (χ0n) is 15.9. The van der Waals surface area contributed by atoms with E-state index in [1.807, 2.05) is 26.8 Å². The van der Waals surface area contributed by atoms with Crippen molar-refractivity contribution in [2.75, 3.05) is 25.1 Å². The molecule has 0 aromatic carbocycles. The number of pyridine rings is 1. The highest BCUT2D eigenvalue weighted by molar-refractivity contribution is 7.22. The Morgan fingerprint density at radius 1 is 1.21 bits per heavy atom. The molecule has 0 fully saturated rings. The Kier molecular flexibility index (Phi) is 6.66. The van der Waals surface area contributed by atoms with Gasteiger partial charge in [0.25, 0.3) is 0 Å². The average Bonchev–Trinajstić information content (AvgIpc) is 3.06. The number of nitrogens with zero attached hydrogens (tertiary/aromatic N) is 4. The molecular weight excluding hydrogens is 380 g/mol. The van der Waals surface area contributed by atoms with E-state index in [2.05, 4.69) is 30.6 Å². The van der Waals surface area contributed by atoms with Gasteiger partial charge in [0.1, 0.15) is 23.3 Å². The fraction of sp³-hybridized carbons (Fsp3) is 0.389. The van der Waals surface area contributed by atoms with Gasteiger partial charge in [0.15, 0.2) is 5.13 Å². The third-order valence-electron chi connectivity index (χ3n) is 3.55. The van der Waals surface area contributed by atoms with E-state index in [1.165, 1.54) is 17.7 Å². The van der Waals surface area contributed by atoms with Gasteiger partial charge in [-0.2, -0.15) is 0 Å². The molecule has 28 heavy (non-hydrogen) atoms. The second-order valence-electron chi connectivity index (χ2n) is 6.06. The molecule has 3 heterocycles. The maximum Gasteiger partial charge on any atom is 0.321 e. The maximum atomic E-state index is 11.7. The topological polar surface area (TPSA) is 111 Å². The number of thiazole rings is 1. The molecule has 3 rings (SSSR count). The van der Waals surface area contributed by atoms with E-state index < -0.39 is 0 Å². The SMILES string of the molecule is CCNC(=O)Nc1nc2cc(-c3cncnc3)c(OCCOC(C)C)nc2s1. The molecule has 0 aliphatic heterocycles. The molecule has 0 aliphatic rings. The Morgan fingerprint density at radius 3 is 2.71 bits per heavy atom. The quantitative estimate of drug-likeness (QED) is 0.557. The Hall–Kier alpha value is -2.85. The lowest BCUT2D eigenvalue weighted by Crippen LogP contribution is -2.28. The molecule has 0 radical (unpaired) electrons. The van der Waals surface area contributed by atoms with Crippen LogP contribution < -0.4 is 15.4 Å². The largest absolute Gasteiger partial charge is 0.475 e. The number of anilines is 1. The summed E-state index contributed by atoms with van der Waals surface area (Å²) in [4.78, 5) is 29.6. The molecule has 3 aromatic heterocycles. The molecule has 0 atom stereocenters. The van der Waals surface area contributed by atoms with Crippen LogP contribution in [0.1, 0.15) is 20.8 Å². The number of aromatic nitrogens is 4. The van der Waals surface area contributed by atoms with Gasteiger partial charge in [-0.3, -0.25) is 5.32 Å². The summed E-state index contributed by atoms with van der Waals surface area (Å²) >= 11 is 1.28. The minimum Gasteiger partial charge on any atom is -0.475 e. The number of rotatable bonds is 8. The van der Waals surface area contributed by atoms with Crippen molar-refractivity contribution in [2.45, 2.75) is 26.9 Å². The van der Waals surface area contributed by atoms with E-state index in [0.717, 1.165) is 11.1 Å². The standard InChI is InChI=1S/C18H22N6O3S/c1-4-21-17(25)24-18-22-14-7-13(12-8-19-10-20-9-12)15(23-16(14)28-18)27-6-5-26-11(2)3/h7-11H,4-6H2,1-3H3,(H2,21,22,24,25). The Bertz CT molecular complexity index is 932. The van der Waals surface area contributed by atoms with Crippen LogP contribution in [0.2, 0.25) is 0 Å². The van der Waals surface area contributed by atoms with Gasteiger partial charge >= 0.3 is 6.03 Å². The smallest absolute Gasteiger partial charge is 0.321 e. The van der Waals surface area contributed by atoms with E-state index in [9.17, 15) is 4.79 Å². The molecule has 148 valence electrons. The van der Waals surface area contributed by atoms with Crippen molar-refractivity contribution in [1.82, 2.24) is 25.3 Å². The molecule has 10 heteroatoms. The Balaban J connectivity index is 1.90. The van der Waals surface area contributed by atoms with Gasteiger partial charge < -0.3 is 14.8 Å². The molecule has 0 unspecified atom stereocenters. The molecule has 0 aliphatic carbocycles. The number of carbonyl (C=O) groups is 1. The third kappa shape index (κ3) is 5.11. The monoisotopic (exact) mass is 402 g/mol. The van der Waals surface area contributed by atoms with Crippen molar-refractivity contribution in [3.05, 3.63) is 24.8 Å². The van der Waals surface area contributed by atoms with Crippen LogP contribution >= 0.6 is 11.3 Å². The molecule has 0 saturated heterocycles. The Labute approximate surface area is 166 Å². The van der Waals surface area contributed by atoms with E-state index in [-0.39, 0.29) is 12.1 Å². The van der Waals surface area contributed by atoms with Crippen molar-refractivity contribution in [2.24, 2.45) is 0 Å². The number of hydrogen-bond donors (Lipinski definition) is 2. The molecule has 2 amide bonds. The number of amides is 2. The second-order valence-corrected chi connectivity index (χ2v) is 7.04. The summed E-state index contributed by atoms with van der Waals surface area (Å²) < 4.78 is 11.4. The first kappa shape index (κ1) is 19.9. The summed E-state index contributed by atoms with van der Waals surface area (Å²) in [6.07, 6.45) is 4.97. The van der Waals surface area contributed by atoms with Gasteiger partial charge in [-0.25, -0.2) is 24.7 Å². The van der Waals surface area contributed by atoms with Crippen LogP contribution in [0.4, 0.5) is 9.93 Å². The highest BCUT2D eigenvalue weighted by Crippen LogP contribution is 2.34. The summed E-state index contributed by atoms with van der Waals surface area (Å²) in [6.45, 7) is 7.13. The lowest BCUT2D eigenvalue weighted by Gasteiger charge is -2.11. The fourth-order valence-corrected chi connectivity index (χ4v) is 3.19. The molecule has 0 bridgehead atoms. The van der Waals surface area contributed by atoms with Gasteiger partial charge in [0.05, 0.1) is 12.7 Å². The molecule has 2 N–H and O–H groups in total. The fourth-order valence-electron chi connectivity index (χ4n) is 2.38. The van der Waals surface area contributed by atoms with Crippen LogP contribution in [-0.4, -0.2) is 51.8 Å². The highest BCUT2D eigenvalue weighted by atomic mass is 32.1. The predicted molar refractivity (Wildman–Crippen MR) is 108 cm³/mol. The summed E-state index contributed by atoms with van der Waals surface area (Å²) in [5.41, 5.74) is 2.15. The predicted octanol–water partition coefficient (Wildman–Crippen LogP) is 3.09. The minimum absolute atomic E-state index is 0.130. The summed E-state index contributed by atoms with van der Waals surface area (Å²) in [5, 5.41) is 5.84. The van der Waals surface area contributed by atoms with Crippen LogP contribution in [-0.2, 0) is 4.74 Å². The average molecular weight is 402 g/mol. The van der Waals surface area contributed by atoms with Crippen LogP contribution in [0.15, 0.2) is 24.8 Å². The van der Waals surface area contributed by atoms with Crippen molar-refractivity contribution >= 4 is 32.8 Å². The van der Waals surface area contributed by atoms with Gasteiger partial charge in [0.2, 0.25) is 5.88 Å². The Morgan fingerprint density at radius 2 is 2.00 bits per heavy atom.